The minimum Gasteiger partial charge on any atom is -0.462 e. The molecular weight excluding hydrogens is 494 g/mol. The summed E-state index contributed by atoms with van der Waals surface area (Å²) in [7, 11) is 0. The van der Waals surface area contributed by atoms with Gasteiger partial charge in [-0.15, -0.1) is 0 Å². The molecule has 1 saturated carbocycles. The Balaban J connectivity index is 1.69. The van der Waals surface area contributed by atoms with E-state index in [9.17, 15) is 19.2 Å². The number of esters is 1. The lowest BCUT2D eigenvalue weighted by Crippen LogP contribution is -2.45. The van der Waals surface area contributed by atoms with Crippen LogP contribution >= 0.6 is 11.8 Å². The molecule has 0 aromatic rings. The summed E-state index contributed by atoms with van der Waals surface area (Å²) in [6.45, 7) is 3.91. The molecule has 206 valence electrons. The van der Waals surface area contributed by atoms with E-state index in [1.807, 2.05) is 0 Å². The molecule has 12 nitrogen and oxygen atoms in total. The lowest BCUT2D eigenvalue weighted by atomic mass is 9.88. The smallest absolute Gasteiger partial charge is 0.328 e. The Bertz CT molecular complexity index is 734. The van der Waals surface area contributed by atoms with Crippen molar-refractivity contribution in [2.24, 2.45) is 11.8 Å². The standard InChI is InChI=1S/C23H39N3O9S/c1-16(15-36-23(30)17(2)24-20(27)18-7-4-3-5-8-18)21(28)25-10-6-9-19(25)22(29)34-13-11-33-12-14-35-26(31)32/h16-19,31-32H,3-15H2,1-2H3,(H,24,27). The molecule has 0 aromatic carbocycles. The molecule has 36 heavy (non-hydrogen) atoms. The van der Waals surface area contributed by atoms with Gasteiger partial charge in [-0.3, -0.25) is 24.8 Å². The number of likely N-dealkylation sites (tertiary alicyclic amines) is 1. The minimum atomic E-state index is -0.671. The summed E-state index contributed by atoms with van der Waals surface area (Å²) < 4.78 is 10.4. The van der Waals surface area contributed by atoms with Crippen molar-refractivity contribution in [3.63, 3.8) is 0 Å². The highest BCUT2D eigenvalue weighted by Crippen LogP contribution is 2.25. The maximum atomic E-state index is 13.0. The molecule has 3 N–H and O–H groups in total. The number of ether oxygens (including phenoxy) is 2. The first-order valence-corrected chi connectivity index (χ1v) is 13.5. The second kappa shape index (κ2) is 16.2. The molecule has 2 amide bonds. The topological polar surface area (TPSA) is 155 Å². The molecule has 1 aliphatic heterocycles. The zero-order chi connectivity index (χ0) is 26.5. The minimum absolute atomic E-state index is 0.0102. The van der Waals surface area contributed by atoms with Gasteiger partial charge in [0, 0.05) is 24.1 Å². The Kier molecular flexibility index (Phi) is 13.7. The average molecular weight is 534 g/mol. The Morgan fingerprint density at radius 2 is 1.69 bits per heavy atom. The van der Waals surface area contributed by atoms with Crippen LogP contribution in [0.2, 0.25) is 0 Å². The van der Waals surface area contributed by atoms with Gasteiger partial charge in [-0.2, -0.15) is 0 Å². The first-order valence-electron chi connectivity index (χ1n) is 12.5. The van der Waals surface area contributed by atoms with Gasteiger partial charge in [0.05, 0.1) is 31.3 Å². The van der Waals surface area contributed by atoms with Crippen molar-refractivity contribution in [3.8, 4) is 0 Å². The maximum Gasteiger partial charge on any atom is 0.328 e. The van der Waals surface area contributed by atoms with Gasteiger partial charge in [0.15, 0.2) is 0 Å². The number of hydrogen-bond acceptors (Lipinski definition) is 11. The maximum absolute atomic E-state index is 13.0. The number of hydrogen-bond donors (Lipinski definition) is 3. The Morgan fingerprint density at radius 1 is 1.00 bits per heavy atom. The lowest BCUT2D eigenvalue weighted by molar-refractivity contribution is -0.493. The van der Waals surface area contributed by atoms with Crippen LogP contribution in [-0.2, 0) is 33.5 Å². The summed E-state index contributed by atoms with van der Waals surface area (Å²) in [5.74, 6) is -1.03. The molecule has 13 heteroatoms. The fourth-order valence-corrected chi connectivity index (χ4v) is 5.16. The third-order valence-electron chi connectivity index (χ3n) is 6.30. The van der Waals surface area contributed by atoms with Crippen LogP contribution in [0.5, 0.6) is 0 Å². The van der Waals surface area contributed by atoms with Crippen molar-refractivity contribution < 1.29 is 43.9 Å². The van der Waals surface area contributed by atoms with Crippen LogP contribution in [0.4, 0.5) is 0 Å². The number of amides is 2. The van der Waals surface area contributed by atoms with Crippen molar-refractivity contribution in [2.45, 2.75) is 70.9 Å². The van der Waals surface area contributed by atoms with E-state index in [2.05, 4.69) is 10.2 Å². The summed E-state index contributed by atoms with van der Waals surface area (Å²) in [5.41, 5.74) is 0. The lowest BCUT2D eigenvalue weighted by Gasteiger charge is -2.26. The number of nitrogens with one attached hydrogen (secondary N) is 1. The van der Waals surface area contributed by atoms with Gasteiger partial charge in [0.2, 0.25) is 16.9 Å². The number of carbonyl (C=O) groups excluding carboxylic acids is 4. The van der Waals surface area contributed by atoms with Crippen LogP contribution in [-0.4, -0.2) is 94.4 Å². The van der Waals surface area contributed by atoms with E-state index in [0.717, 1.165) is 43.9 Å². The number of nitrogens with zero attached hydrogens (tertiary/aromatic N) is 2. The van der Waals surface area contributed by atoms with E-state index >= 15 is 0 Å². The van der Waals surface area contributed by atoms with E-state index in [1.165, 1.54) is 4.90 Å². The van der Waals surface area contributed by atoms with E-state index in [1.54, 1.807) is 13.8 Å². The normalized spacial score (nSPS) is 20.2. The summed E-state index contributed by atoms with van der Waals surface area (Å²) in [6.07, 6.45) is 6.14. The number of carbonyl (C=O) groups is 4. The predicted octanol–water partition coefficient (Wildman–Crippen LogP) is 1.53. The van der Waals surface area contributed by atoms with Gasteiger partial charge in [-0.1, -0.05) is 37.9 Å². The highest BCUT2D eigenvalue weighted by molar-refractivity contribution is 8.13. The predicted molar refractivity (Wildman–Crippen MR) is 129 cm³/mol. The summed E-state index contributed by atoms with van der Waals surface area (Å²) in [4.78, 5) is 56.2. The first-order chi connectivity index (χ1) is 17.2. The van der Waals surface area contributed by atoms with Crippen molar-refractivity contribution in [3.05, 3.63) is 0 Å². The highest BCUT2D eigenvalue weighted by Gasteiger charge is 2.37. The van der Waals surface area contributed by atoms with Crippen molar-refractivity contribution in [1.29, 1.82) is 0 Å². The molecule has 0 bridgehead atoms. The molecule has 2 rings (SSSR count). The van der Waals surface area contributed by atoms with Crippen LogP contribution in [0.1, 0.15) is 58.8 Å². The van der Waals surface area contributed by atoms with Crippen LogP contribution in [0.25, 0.3) is 0 Å². The molecule has 0 aromatic heterocycles. The summed E-state index contributed by atoms with van der Waals surface area (Å²) in [5, 5.41) is 19.0. The van der Waals surface area contributed by atoms with Crippen molar-refractivity contribution in [2.75, 3.05) is 38.7 Å². The summed E-state index contributed by atoms with van der Waals surface area (Å²) in [6, 6.07) is -1.30. The van der Waals surface area contributed by atoms with Gasteiger partial charge in [0.25, 0.3) is 0 Å². The molecule has 0 radical (unpaired) electrons. The van der Waals surface area contributed by atoms with Crippen molar-refractivity contribution in [1.82, 2.24) is 15.6 Å². The van der Waals surface area contributed by atoms with Crippen LogP contribution in [0.15, 0.2) is 0 Å². The van der Waals surface area contributed by atoms with Crippen LogP contribution in [0.3, 0.4) is 0 Å². The van der Waals surface area contributed by atoms with E-state index in [0.29, 0.717) is 19.4 Å². The summed E-state index contributed by atoms with van der Waals surface area (Å²) >= 11 is 1.02. The third-order valence-corrected chi connectivity index (χ3v) is 7.60. The zero-order valence-electron chi connectivity index (χ0n) is 21.1. The molecular formula is C23H39N3O9S. The first kappa shape index (κ1) is 30.5. The van der Waals surface area contributed by atoms with E-state index < -0.39 is 29.4 Å². The Labute approximate surface area is 215 Å². The largest absolute Gasteiger partial charge is 0.462 e. The van der Waals surface area contributed by atoms with E-state index in [-0.39, 0.29) is 55.0 Å². The van der Waals surface area contributed by atoms with Gasteiger partial charge < -0.3 is 19.7 Å². The molecule has 3 unspecified atom stereocenters. The molecule has 2 fully saturated rings. The fraction of sp³-hybridized carbons (Fsp3) is 0.826. The quantitative estimate of drug-likeness (QED) is 0.169. The fourth-order valence-electron chi connectivity index (χ4n) is 4.29. The average Bonchev–Trinajstić information content (AvgIpc) is 3.36. The monoisotopic (exact) mass is 533 g/mol. The molecule has 0 spiro atoms. The number of thioether (sulfide) groups is 1. The second-order valence-electron chi connectivity index (χ2n) is 9.15. The highest BCUT2D eigenvalue weighted by atomic mass is 32.2. The zero-order valence-corrected chi connectivity index (χ0v) is 21.9. The van der Waals surface area contributed by atoms with Crippen LogP contribution < -0.4 is 5.32 Å². The third kappa shape index (κ3) is 10.3. The SMILES string of the molecule is CC(CSC(=O)C(C)NC(=O)C1CCCCC1)C(=O)N1CCCC1C(=O)OCCOCCON(O)O. The second-order valence-corrected chi connectivity index (χ2v) is 10.2. The van der Waals surface area contributed by atoms with Gasteiger partial charge in [0.1, 0.15) is 12.6 Å². The molecule has 1 saturated heterocycles. The Hall–Kier alpha value is -1.77. The van der Waals surface area contributed by atoms with E-state index in [4.69, 9.17) is 19.9 Å². The molecule has 1 heterocycles. The van der Waals surface area contributed by atoms with Gasteiger partial charge >= 0.3 is 5.97 Å². The molecule has 1 aliphatic carbocycles. The molecule has 3 atom stereocenters. The van der Waals surface area contributed by atoms with Crippen molar-refractivity contribution >= 4 is 34.7 Å². The molecule has 2 aliphatic rings. The van der Waals surface area contributed by atoms with Gasteiger partial charge in [-0.05, 0) is 32.6 Å². The van der Waals surface area contributed by atoms with Crippen LogP contribution in [0, 0.1) is 11.8 Å². The van der Waals surface area contributed by atoms with Gasteiger partial charge in [-0.25, -0.2) is 9.63 Å². The number of rotatable bonds is 14. The Morgan fingerprint density at radius 3 is 2.39 bits per heavy atom.